The largest absolute Gasteiger partial charge is 0.281 e. The molecule has 5 nitrogen and oxygen atoms in total. The molecule has 78 valence electrons. The number of hydrogen-bond donors (Lipinski definition) is 1. The van der Waals surface area contributed by atoms with Crippen molar-refractivity contribution in [3.05, 3.63) is 11.9 Å². The van der Waals surface area contributed by atoms with Crippen LogP contribution in [0.4, 0.5) is 0 Å². The maximum atomic E-state index is 11.9. The van der Waals surface area contributed by atoms with E-state index in [4.69, 9.17) is 0 Å². The second kappa shape index (κ2) is 3.36. The Morgan fingerprint density at radius 1 is 1.57 bits per heavy atom. The lowest BCUT2D eigenvalue weighted by Crippen LogP contribution is -2.42. The minimum atomic E-state index is -3.26. The Morgan fingerprint density at radius 3 is 2.79 bits per heavy atom. The highest BCUT2D eigenvalue weighted by Gasteiger charge is 2.31. The van der Waals surface area contributed by atoms with Gasteiger partial charge in [0, 0.05) is 13.1 Å². The normalized spacial score (nSPS) is 18.1. The minimum Gasteiger partial charge on any atom is -0.281 e. The van der Waals surface area contributed by atoms with Crippen LogP contribution in [-0.2, 0) is 16.4 Å². The van der Waals surface area contributed by atoms with Crippen molar-refractivity contribution in [3.63, 3.8) is 0 Å². The Balaban J connectivity index is 2.38. The maximum Gasteiger partial charge on any atom is 0.246 e. The molecule has 1 aliphatic heterocycles. The molecule has 0 saturated carbocycles. The van der Waals surface area contributed by atoms with E-state index in [-0.39, 0.29) is 0 Å². The minimum absolute atomic E-state index is 0.333. The molecule has 0 aromatic carbocycles. The van der Waals surface area contributed by atoms with Crippen LogP contribution in [0, 0.1) is 0 Å². The van der Waals surface area contributed by atoms with Crippen LogP contribution in [0.3, 0.4) is 0 Å². The summed E-state index contributed by atoms with van der Waals surface area (Å²) < 4.78 is 25.3. The maximum absolute atomic E-state index is 11.9. The first kappa shape index (κ1) is 9.67. The zero-order valence-electron chi connectivity index (χ0n) is 8.02. The van der Waals surface area contributed by atoms with Crippen LogP contribution >= 0.6 is 0 Å². The van der Waals surface area contributed by atoms with Crippen LogP contribution in [0.5, 0.6) is 0 Å². The fraction of sp³-hybridized carbons (Fsp3) is 0.625. The Hall–Kier alpha value is -0.880. The molecular weight excluding hydrogens is 202 g/mol. The van der Waals surface area contributed by atoms with Gasteiger partial charge in [0.2, 0.25) is 10.0 Å². The van der Waals surface area contributed by atoms with Crippen molar-refractivity contribution in [2.75, 3.05) is 13.1 Å². The van der Waals surface area contributed by atoms with Crippen LogP contribution in [-0.4, -0.2) is 36.0 Å². The molecule has 1 aromatic rings. The van der Waals surface area contributed by atoms with Gasteiger partial charge in [-0.05, 0) is 12.8 Å². The van der Waals surface area contributed by atoms with E-state index >= 15 is 0 Å². The van der Waals surface area contributed by atoms with Gasteiger partial charge in [0.1, 0.15) is 4.90 Å². The summed E-state index contributed by atoms with van der Waals surface area (Å²) in [5.41, 5.74) is 0.692. The predicted octanol–water partition coefficient (Wildman–Crippen LogP) is 0.366. The van der Waals surface area contributed by atoms with Crippen molar-refractivity contribution in [1.29, 1.82) is 0 Å². The summed E-state index contributed by atoms with van der Waals surface area (Å²) in [4.78, 5) is 0.333. The monoisotopic (exact) mass is 215 g/mol. The molecule has 0 bridgehead atoms. The second-order valence-corrected chi connectivity index (χ2v) is 5.23. The average molecular weight is 215 g/mol. The molecule has 1 aromatic heterocycles. The number of aromatic amines is 1. The van der Waals surface area contributed by atoms with Gasteiger partial charge in [-0.2, -0.15) is 9.40 Å². The van der Waals surface area contributed by atoms with E-state index in [0.717, 1.165) is 6.42 Å². The number of rotatable bonds is 3. The highest BCUT2D eigenvalue weighted by atomic mass is 32.2. The Labute approximate surface area is 83.2 Å². The Morgan fingerprint density at radius 2 is 2.29 bits per heavy atom. The molecule has 2 rings (SSSR count). The zero-order valence-corrected chi connectivity index (χ0v) is 8.84. The van der Waals surface area contributed by atoms with Crippen molar-refractivity contribution >= 4 is 10.0 Å². The lowest BCUT2D eigenvalue weighted by atomic mass is 10.3. The summed E-state index contributed by atoms with van der Waals surface area (Å²) in [7, 11) is -3.26. The van der Waals surface area contributed by atoms with Crippen LogP contribution in [0.25, 0.3) is 0 Å². The first-order chi connectivity index (χ1) is 6.66. The molecule has 0 atom stereocenters. The van der Waals surface area contributed by atoms with Gasteiger partial charge in [0.15, 0.2) is 0 Å². The van der Waals surface area contributed by atoms with Crippen molar-refractivity contribution in [2.24, 2.45) is 0 Å². The van der Waals surface area contributed by atoms with Crippen LogP contribution in [0.15, 0.2) is 11.1 Å². The fourth-order valence-electron chi connectivity index (χ4n) is 1.44. The second-order valence-electron chi connectivity index (χ2n) is 3.32. The van der Waals surface area contributed by atoms with Gasteiger partial charge in [-0.25, -0.2) is 8.42 Å². The number of H-pyrrole nitrogens is 1. The van der Waals surface area contributed by atoms with E-state index in [1.807, 2.05) is 6.92 Å². The zero-order chi connectivity index (χ0) is 10.2. The van der Waals surface area contributed by atoms with Crippen molar-refractivity contribution in [1.82, 2.24) is 14.5 Å². The third-order valence-corrected chi connectivity index (χ3v) is 4.42. The first-order valence-electron chi connectivity index (χ1n) is 4.68. The molecule has 0 aliphatic carbocycles. The van der Waals surface area contributed by atoms with E-state index < -0.39 is 10.0 Å². The quantitative estimate of drug-likeness (QED) is 0.792. The Kier molecular flexibility index (Phi) is 2.32. The van der Waals surface area contributed by atoms with Crippen LogP contribution in [0.1, 0.15) is 19.0 Å². The Bertz CT molecular complexity index is 420. The summed E-state index contributed by atoms with van der Waals surface area (Å²) in [6.07, 6.45) is 3.01. The summed E-state index contributed by atoms with van der Waals surface area (Å²) >= 11 is 0. The molecule has 1 aliphatic rings. The molecule has 0 radical (unpaired) electrons. The number of hydrogen-bond acceptors (Lipinski definition) is 3. The van der Waals surface area contributed by atoms with Gasteiger partial charge in [0.05, 0.1) is 11.9 Å². The highest BCUT2D eigenvalue weighted by molar-refractivity contribution is 7.89. The van der Waals surface area contributed by atoms with Crippen molar-refractivity contribution < 1.29 is 8.42 Å². The van der Waals surface area contributed by atoms with Crippen LogP contribution in [0.2, 0.25) is 0 Å². The van der Waals surface area contributed by atoms with E-state index in [2.05, 4.69) is 10.2 Å². The summed E-state index contributed by atoms with van der Waals surface area (Å²) in [6.45, 7) is 3.18. The molecule has 0 spiro atoms. The third kappa shape index (κ3) is 1.34. The van der Waals surface area contributed by atoms with E-state index in [9.17, 15) is 8.42 Å². The van der Waals surface area contributed by atoms with Gasteiger partial charge in [-0.1, -0.05) is 6.92 Å². The smallest absolute Gasteiger partial charge is 0.246 e. The molecule has 0 unspecified atom stereocenters. The third-order valence-electron chi connectivity index (χ3n) is 2.47. The highest BCUT2D eigenvalue weighted by Crippen LogP contribution is 2.22. The number of nitrogens with zero attached hydrogens (tertiary/aromatic N) is 2. The van der Waals surface area contributed by atoms with Gasteiger partial charge < -0.3 is 0 Å². The standard InChI is InChI=1S/C8H13N3O2S/c1-2-7-8(6-9-10-7)14(12,13)11-4-3-5-11/h6H,2-5H2,1H3,(H,9,10). The number of aryl methyl sites for hydroxylation is 1. The van der Waals surface area contributed by atoms with Gasteiger partial charge in [-0.15, -0.1) is 0 Å². The molecule has 14 heavy (non-hydrogen) atoms. The van der Waals surface area contributed by atoms with Gasteiger partial charge >= 0.3 is 0 Å². The molecule has 1 N–H and O–H groups in total. The SMILES string of the molecule is CCc1[nH]ncc1S(=O)(=O)N1CCC1. The topological polar surface area (TPSA) is 66.1 Å². The van der Waals surface area contributed by atoms with E-state index in [1.54, 1.807) is 0 Å². The van der Waals surface area contributed by atoms with Crippen LogP contribution < -0.4 is 0 Å². The first-order valence-corrected chi connectivity index (χ1v) is 6.12. The molecule has 1 fully saturated rings. The molecule has 1 saturated heterocycles. The predicted molar refractivity (Wildman–Crippen MR) is 51.3 cm³/mol. The number of nitrogens with one attached hydrogen (secondary N) is 1. The summed E-state index contributed by atoms with van der Waals surface area (Å²) in [6, 6.07) is 0. The lowest BCUT2D eigenvalue weighted by Gasteiger charge is -2.29. The lowest BCUT2D eigenvalue weighted by molar-refractivity contribution is 0.309. The fourth-order valence-corrected chi connectivity index (χ4v) is 3.15. The molecular formula is C8H13N3O2S. The van der Waals surface area contributed by atoms with E-state index in [0.29, 0.717) is 30.1 Å². The molecule has 0 amide bonds. The summed E-state index contributed by atoms with van der Waals surface area (Å²) in [5.74, 6) is 0. The van der Waals surface area contributed by atoms with Crippen molar-refractivity contribution in [3.8, 4) is 0 Å². The molecule has 2 heterocycles. The van der Waals surface area contributed by atoms with Crippen molar-refractivity contribution in [2.45, 2.75) is 24.7 Å². The van der Waals surface area contributed by atoms with E-state index in [1.165, 1.54) is 10.5 Å². The summed E-state index contributed by atoms with van der Waals surface area (Å²) in [5, 5.41) is 6.48. The van der Waals surface area contributed by atoms with Gasteiger partial charge in [-0.3, -0.25) is 5.10 Å². The average Bonchev–Trinajstić information content (AvgIpc) is 2.46. The molecule has 6 heteroatoms. The number of sulfonamides is 1. The van der Waals surface area contributed by atoms with Gasteiger partial charge in [0.25, 0.3) is 0 Å². The number of aromatic nitrogens is 2.